The monoisotopic (exact) mass is 178 g/mol. The molecule has 0 aromatic heterocycles. The highest BCUT2D eigenvalue weighted by molar-refractivity contribution is 6.31. The van der Waals surface area contributed by atoms with Gasteiger partial charge in [0.15, 0.2) is 0 Å². The molecule has 0 aliphatic rings. The second kappa shape index (κ2) is 4.73. The summed E-state index contributed by atoms with van der Waals surface area (Å²) in [5, 5.41) is 15.2. The van der Waals surface area contributed by atoms with Crippen LogP contribution in [0.1, 0.15) is 6.42 Å². The lowest BCUT2D eigenvalue weighted by Gasteiger charge is -1.92. The molecule has 11 heavy (non-hydrogen) atoms. The zero-order valence-electron chi connectivity index (χ0n) is 5.53. The van der Waals surface area contributed by atoms with Gasteiger partial charge in [0.2, 0.25) is 0 Å². The van der Waals surface area contributed by atoms with E-state index < -0.39 is 17.3 Å². The Morgan fingerprint density at radius 2 is 2.00 bits per heavy atom. The van der Waals surface area contributed by atoms with Crippen LogP contribution in [0.25, 0.3) is 0 Å². The molecule has 0 aromatic rings. The van der Waals surface area contributed by atoms with Gasteiger partial charge in [0.25, 0.3) is 0 Å². The van der Waals surface area contributed by atoms with Crippen molar-refractivity contribution < 1.29 is 19.8 Å². The van der Waals surface area contributed by atoms with E-state index in [9.17, 15) is 9.59 Å². The Bertz CT molecular complexity index is 187. The molecule has 0 aromatic carbocycles. The zero-order chi connectivity index (χ0) is 8.85. The Balaban J connectivity index is 3.74. The zero-order valence-corrected chi connectivity index (χ0v) is 6.28. The summed E-state index contributed by atoms with van der Waals surface area (Å²) < 4.78 is 0. The number of halogens is 1. The first-order valence-electron chi connectivity index (χ1n) is 2.79. The molecule has 0 spiro atoms. The average Bonchev–Trinajstić information content (AvgIpc) is 1.86. The number of hydrogen-bond acceptors (Lipinski definition) is 2. The largest absolute Gasteiger partial charge is 0.481 e. The predicted octanol–water partition coefficient (Wildman–Crippen LogP) is 0.709. The molecule has 0 aliphatic carbocycles. The van der Waals surface area contributed by atoms with E-state index >= 15 is 0 Å². The maximum atomic E-state index is 10.0. The highest BCUT2D eigenvalue weighted by atomic mass is 35.5. The van der Waals surface area contributed by atoms with Crippen molar-refractivity contribution in [2.24, 2.45) is 0 Å². The standard InChI is InChI=1S/C6H7ClO4/c7-4(6(10)11)2-1-3-5(8)9/h1-2,4H,3H2,(H,8,9)(H,10,11). The maximum Gasteiger partial charge on any atom is 0.325 e. The number of aliphatic carboxylic acids is 2. The topological polar surface area (TPSA) is 74.6 Å². The molecule has 5 heteroatoms. The lowest BCUT2D eigenvalue weighted by Crippen LogP contribution is -2.09. The van der Waals surface area contributed by atoms with Gasteiger partial charge < -0.3 is 10.2 Å². The fourth-order valence-electron chi connectivity index (χ4n) is 0.371. The van der Waals surface area contributed by atoms with Gasteiger partial charge in [0.1, 0.15) is 5.38 Å². The van der Waals surface area contributed by atoms with Crippen LogP contribution in [-0.4, -0.2) is 27.5 Å². The summed E-state index contributed by atoms with van der Waals surface area (Å²) in [5.74, 6) is -2.20. The molecule has 0 rings (SSSR count). The summed E-state index contributed by atoms with van der Waals surface area (Å²) in [5.41, 5.74) is 0. The van der Waals surface area contributed by atoms with Crippen LogP contribution in [0.3, 0.4) is 0 Å². The molecule has 0 fully saturated rings. The number of carboxylic acids is 2. The predicted molar refractivity (Wildman–Crippen MR) is 38.7 cm³/mol. The summed E-state index contributed by atoms with van der Waals surface area (Å²) in [6.07, 6.45) is 2.11. The third kappa shape index (κ3) is 5.42. The fraction of sp³-hybridized carbons (Fsp3) is 0.333. The third-order valence-electron chi connectivity index (χ3n) is 0.833. The second-order valence-electron chi connectivity index (χ2n) is 1.77. The number of carboxylic acid groups (broad SMARTS) is 2. The lowest BCUT2D eigenvalue weighted by molar-refractivity contribution is -0.137. The van der Waals surface area contributed by atoms with E-state index in [0.29, 0.717) is 0 Å². The second-order valence-corrected chi connectivity index (χ2v) is 2.24. The van der Waals surface area contributed by atoms with E-state index in [-0.39, 0.29) is 6.42 Å². The molecule has 0 aliphatic heterocycles. The minimum atomic E-state index is -1.19. The summed E-state index contributed by atoms with van der Waals surface area (Å²) in [6.45, 7) is 0. The Hall–Kier alpha value is -1.03. The molecular formula is C6H7ClO4. The van der Waals surface area contributed by atoms with Gasteiger partial charge in [-0.25, -0.2) is 0 Å². The van der Waals surface area contributed by atoms with Crippen LogP contribution in [0.4, 0.5) is 0 Å². The molecule has 62 valence electrons. The van der Waals surface area contributed by atoms with Gasteiger partial charge in [-0.05, 0) is 0 Å². The third-order valence-corrected chi connectivity index (χ3v) is 1.17. The fourth-order valence-corrected chi connectivity index (χ4v) is 0.474. The minimum Gasteiger partial charge on any atom is -0.481 e. The van der Waals surface area contributed by atoms with E-state index in [1.165, 1.54) is 6.08 Å². The van der Waals surface area contributed by atoms with Crippen LogP contribution in [0, 0.1) is 0 Å². The van der Waals surface area contributed by atoms with E-state index in [2.05, 4.69) is 0 Å². The summed E-state index contributed by atoms with van der Waals surface area (Å²) >= 11 is 5.22. The summed E-state index contributed by atoms with van der Waals surface area (Å²) in [7, 11) is 0. The van der Waals surface area contributed by atoms with Crippen molar-refractivity contribution in [1.82, 2.24) is 0 Å². The van der Waals surface area contributed by atoms with Gasteiger partial charge in [-0.1, -0.05) is 12.2 Å². The quantitative estimate of drug-likeness (QED) is 0.491. The van der Waals surface area contributed by atoms with Crippen molar-refractivity contribution in [2.75, 3.05) is 0 Å². The Morgan fingerprint density at radius 1 is 1.45 bits per heavy atom. The van der Waals surface area contributed by atoms with Crippen molar-refractivity contribution >= 4 is 23.5 Å². The van der Waals surface area contributed by atoms with Crippen molar-refractivity contribution in [1.29, 1.82) is 0 Å². The lowest BCUT2D eigenvalue weighted by atomic mass is 10.3. The van der Waals surface area contributed by atoms with Gasteiger partial charge in [0.05, 0.1) is 6.42 Å². The highest BCUT2D eigenvalue weighted by Gasteiger charge is 2.07. The average molecular weight is 179 g/mol. The van der Waals surface area contributed by atoms with Crippen LogP contribution in [0.5, 0.6) is 0 Å². The van der Waals surface area contributed by atoms with Crippen molar-refractivity contribution in [2.45, 2.75) is 11.8 Å². The van der Waals surface area contributed by atoms with E-state index in [0.717, 1.165) is 6.08 Å². The van der Waals surface area contributed by atoms with Crippen molar-refractivity contribution in [3.8, 4) is 0 Å². The number of alkyl halides is 1. The number of rotatable bonds is 4. The minimum absolute atomic E-state index is 0.212. The van der Waals surface area contributed by atoms with E-state index in [4.69, 9.17) is 21.8 Å². The van der Waals surface area contributed by atoms with E-state index in [1.807, 2.05) is 0 Å². The molecular weight excluding hydrogens is 172 g/mol. The number of carbonyl (C=O) groups is 2. The Labute approximate surface area is 68.1 Å². The SMILES string of the molecule is O=C(O)CC=CC(Cl)C(=O)O. The molecule has 0 amide bonds. The normalized spacial score (nSPS) is 13.2. The Morgan fingerprint density at radius 3 is 2.36 bits per heavy atom. The van der Waals surface area contributed by atoms with Gasteiger partial charge in [-0.3, -0.25) is 9.59 Å². The summed E-state index contributed by atoms with van der Waals surface area (Å²) in [4.78, 5) is 20.0. The first-order valence-corrected chi connectivity index (χ1v) is 3.23. The molecule has 4 nitrogen and oxygen atoms in total. The molecule has 0 heterocycles. The van der Waals surface area contributed by atoms with Crippen LogP contribution < -0.4 is 0 Å². The first-order chi connectivity index (χ1) is 5.04. The number of hydrogen-bond donors (Lipinski definition) is 2. The van der Waals surface area contributed by atoms with Gasteiger partial charge in [-0.2, -0.15) is 0 Å². The van der Waals surface area contributed by atoms with Crippen molar-refractivity contribution in [3.63, 3.8) is 0 Å². The first kappa shape index (κ1) is 9.97. The smallest absolute Gasteiger partial charge is 0.325 e. The van der Waals surface area contributed by atoms with Crippen LogP contribution in [-0.2, 0) is 9.59 Å². The van der Waals surface area contributed by atoms with Gasteiger partial charge in [0, 0.05) is 0 Å². The Kier molecular flexibility index (Phi) is 4.29. The van der Waals surface area contributed by atoms with Crippen LogP contribution >= 0.6 is 11.6 Å². The molecule has 0 saturated carbocycles. The van der Waals surface area contributed by atoms with Crippen LogP contribution in [0.15, 0.2) is 12.2 Å². The highest BCUT2D eigenvalue weighted by Crippen LogP contribution is 1.98. The van der Waals surface area contributed by atoms with Crippen LogP contribution in [0.2, 0.25) is 0 Å². The molecule has 1 atom stereocenters. The van der Waals surface area contributed by atoms with E-state index in [1.54, 1.807) is 0 Å². The van der Waals surface area contributed by atoms with Crippen molar-refractivity contribution in [3.05, 3.63) is 12.2 Å². The molecule has 0 saturated heterocycles. The molecule has 2 N–H and O–H groups in total. The van der Waals surface area contributed by atoms with Gasteiger partial charge >= 0.3 is 11.9 Å². The molecule has 0 bridgehead atoms. The maximum absolute atomic E-state index is 10.0. The molecule has 0 radical (unpaired) electrons. The molecule has 1 unspecified atom stereocenters. The van der Waals surface area contributed by atoms with Gasteiger partial charge in [-0.15, -0.1) is 11.6 Å². The summed E-state index contributed by atoms with van der Waals surface area (Å²) in [6, 6.07) is 0.